The van der Waals surface area contributed by atoms with Crippen molar-refractivity contribution < 1.29 is 9.53 Å². The molecular formula is C21H24N4O3S2. The van der Waals surface area contributed by atoms with Gasteiger partial charge in [-0.2, -0.15) is 0 Å². The zero-order chi connectivity index (χ0) is 21.3. The number of thiocarbonyl (C=S) groups is 1. The quantitative estimate of drug-likeness (QED) is 0.542. The van der Waals surface area contributed by atoms with Gasteiger partial charge in [0.15, 0.2) is 0 Å². The van der Waals surface area contributed by atoms with E-state index in [9.17, 15) is 9.59 Å². The minimum absolute atomic E-state index is 0.0181. The molecule has 2 aliphatic rings. The number of aromatic nitrogens is 2. The summed E-state index contributed by atoms with van der Waals surface area (Å²) in [6, 6.07) is 3.73. The lowest BCUT2D eigenvalue weighted by atomic mass is 10.2. The molecule has 0 bridgehead atoms. The van der Waals surface area contributed by atoms with Crippen molar-refractivity contribution in [3.63, 3.8) is 0 Å². The molecule has 9 heteroatoms. The van der Waals surface area contributed by atoms with Crippen molar-refractivity contribution in [2.24, 2.45) is 0 Å². The molecule has 158 valence electrons. The van der Waals surface area contributed by atoms with E-state index >= 15 is 0 Å². The smallest absolute Gasteiger partial charge is 0.267 e. The molecule has 0 spiro atoms. The molecular weight excluding hydrogens is 420 g/mol. The average molecular weight is 445 g/mol. The number of aryl methyl sites for hydroxylation is 1. The highest BCUT2D eigenvalue weighted by Gasteiger charge is 2.35. The highest BCUT2D eigenvalue weighted by Crippen LogP contribution is 2.34. The molecule has 2 saturated heterocycles. The van der Waals surface area contributed by atoms with Crippen LogP contribution in [-0.4, -0.2) is 50.3 Å². The van der Waals surface area contributed by atoms with Crippen molar-refractivity contribution in [3.05, 3.63) is 44.7 Å². The van der Waals surface area contributed by atoms with Crippen LogP contribution in [0.5, 0.6) is 0 Å². The number of pyridine rings is 1. The minimum Gasteiger partial charge on any atom is -0.376 e. The number of amides is 1. The van der Waals surface area contributed by atoms with E-state index in [0.29, 0.717) is 39.3 Å². The normalized spacial score (nSPS) is 20.7. The Labute approximate surface area is 184 Å². The summed E-state index contributed by atoms with van der Waals surface area (Å²) in [6.45, 7) is 5.82. The van der Waals surface area contributed by atoms with Gasteiger partial charge in [-0.25, -0.2) is 4.98 Å². The number of hydrogen-bond acceptors (Lipinski definition) is 7. The van der Waals surface area contributed by atoms with E-state index in [1.165, 1.54) is 16.2 Å². The van der Waals surface area contributed by atoms with Gasteiger partial charge in [-0.3, -0.25) is 18.9 Å². The van der Waals surface area contributed by atoms with Crippen LogP contribution in [0, 0.1) is 6.92 Å². The number of nitrogens with zero attached hydrogens (tertiary/aromatic N) is 3. The average Bonchev–Trinajstić information content (AvgIpc) is 3.33. The van der Waals surface area contributed by atoms with E-state index in [1.54, 1.807) is 17.2 Å². The van der Waals surface area contributed by atoms with Crippen LogP contribution in [0.15, 0.2) is 28.0 Å². The first-order valence-corrected chi connectivity index (χ1v) is 11.3. The standard InChI is InChI=1S/C21H24N4O3S2/c1-3-8-22-17-15(19(26)24-9-4-6-13(2)18(24)23-17)11-16-20(27)25(21(29)30-16)12-14-7-5-10-28-14/h4,6,9,11,14,22H,3,5,7-8,10,12H2,1-2H3. The van der Waals surface area contributed by atoms with Gasteiger partial charge < -0.3 is 10.1 Å². The molecule has 4 rings (SSSR count). The molecule has 0 aromatic carbocycles. The Morgan fingerprint density at radius 2 is 2.27 bits per heavy atom. The fourth-order valence-corrected chi connectivity index (χ4v) is 4.86. The predicted octanol–water partition coefficient (Wildman–Crippen LogP) is 3.21. The molecule has 2 fully saturated rings. The molecule has 1 unspecified atom stereocenters. The highest BCUT2D eigenvalue weighted by atomic mass is 32.2. The van der Waals surface area contributed by atoms with Crippen molar-refractivity contribution >= 4 is 51.7 Å². The molecule has 1 amide bonds. The Hall–Kier alpha value is -2.23. The largest absolute Gasteiger partial charge is 0.376 e. The summed E-state index contributed by atoms with van der Waals surface area (Å²) >= 11 is 6.65. The van der Waals surface area contributed by atoms with Gasteiger partial charge in [-0.15, -0.1) is 0 Å². The highest BCUT2D eigenvalue weighted by molar-refractivity contribution is 8.26. The maximum Gasteiger partial charge on any atom is 0.267 e. The molecule has 30 heavy (non-hydrogen) atoms. The lowest BCUT2D eigenvalue weighted by Gasteiger charge is -2.18. The monoisotopic (exact) mass is 444 g/mol. The van der Waals surface area contributed by atoms with Gasteiger partial charge in [-0.1, -0.05) is 37.0 Å². The predicted molar refractivity (Wildman–Crippen MR) is 124 cm³/mol. The van der Waals surface area contributed by atoms with Gasteiger partial charge >= 0.3 is 0 Å². The van der Waals surface area contributed by atoms with Gasteiger partial charge in [0.2, 0.25) is 0 Å². The van der Waals surface area contributed by atoms with Gasteiger partial charge in [0.05, 0.1) is 23.1 Å². The van der Waals surface area contributed by atoms with Crippen LogP contribution in [0.25, 0.3) is 11.7 Å². The fraction of sp³-hybridized carbons (Fsp3) is 0.429. The topological polar surface area (TPSA) is 75.9 Å². The van der Waals surface area contributed by atoms with Crippen LogP contribution in [0.2, 0.25) is 0 Å². The van der Waals surface area contributed by atoms with E-state index in [4.69, 9.17) is 17.0 Å². The van der Waals surface area contributed by atoms with Crippen LogP contribution in [0.1, 0.15) is 37.3 Å². The number of anilines is 1. The van der Waals surface area contributed by atoms with E-state index in [-0.39, 0.29) is 17.6 Å². The summed E-state index contributed by atoms with van der Waals surface area (Å²) < 4.78 is 7.67. The zero-order valence-electron chi connectivity index (χ0n) is 17.0. The number of ether oxygens (including phenoxy) is 1. The van der Waals surface area contributed by atoms with Crippen LogP contribution in [0.4, 0.5) is 5.82 Å². The number of thioether (sulfide) groups is 1. The Morgan fingerprint density at radius 3 is 3.00 bits per heavy atom. The third kappa shape index (κ3) is 4.01. The van der Waals surface area contributed by atoms with Crippen LogP contribution >= 0.6 is 24.0 Å². The summed E-state index contributed by atoms with van der Waals surface area (Å²) in [4.78, 5) is 33.0. The third-order valence-electron chi connectivity index (χ3n) is 5.19. The molecule has 1 N–H and O–H groups in total. The van der Waals surface area contributed by atoms with Crippen molar-refractivity contribution in [1.29, 1.82) is 0 Å². The fourth-order valence-electron chi connectivity index (χ4n) is 3.60. The van der Waals surface area contributed by atoms with Crippen LogP contribution < -0.4 is 10.9 Å². The van der Waals surface area contributed by atoms with Gasteiger partial charge in [-0.05, 0) is 43.9 Å². The molecule has 0 radical (unpaired) electrons. The van der Waals surface area contributed by atoms with E-state index in [1.807, 2.05) is 26.0 Å². The summed E-state index contributed by atoms with van der Waals surface area (Å²) in [5.74, 6) is 0.302. The molecule has 0 aliphatic carbocycles. The van der Waals surface area contributed by atoms with Gasteiger partial charge in [0.1, 0.15) is 15.8 Å². The lowest BCUT2D eigenvalue weighted by Crippen LogP contribution is -2.35. The first-order valence-electron chi connectivity index (χ1n) is 10.1. The molecule has 0 saturated carbocycles. The van der Waals surface area contributed by atoms with Crippen molar-refractivity contribution in [2.75, 3.05) is 25.0 Å². The second kappa shape index (κ2) is 8.87. The first kappa shape index (κ1) is 21.0. The Kier molecular flexibility index (Phi) is 6.21. The van der Waals surface area contributed by atoms with Gasteiger partial charge in [0, 0.05) is 19.3 Å². The second-order valence-corrected chi connectivity index (χ2v) is 9.09. The molecule has 4 heterocycles. The molecule has 2 aromatic heterocycles. The summed E-state index contributed by atoms with van der Waals surface area (Å²) in [6.07, 6.45) is 6.15. The first-order chi connectivity index (χ1) is 14.5. The number of carbonyl (C=O) groups excluding carboxylic acids is 1. The summed E-state index contributed by atoms with van der Waals surface area (Å²) in [5.41, 5.74) is 1.66. The van der Waals surface area contributed by atoms with Crippen LogP contribution in [0.3, 0.4) is 0 Å². The lowest BCUT2D eigenvalue weighted by molar-refractivity contribution is -0.123. The van der Waals surface area contributed by atoms with E-state index in [2.05, 4.69) is 10.3 Å². The van der Waals surface area contributed by atoms with Crippen molar-refractivity contribution in [1.82, 2.24) is 14.3 Å². The number of rotatable bonds is 6. The third-order valence-corrected chi connectivity index (χ3v) is 6.56. The number of carbonyl (C=O) groups is 1. The number of fused-ring (bicyclic) bond motifs is 1. The molecule has 2 aliphatic heterocycles. The maximum absolute atomic E-state index is 13.3. The summed E-state index contributed by atoms with van der Waals surface area (Å²) in [5, 5.41) is 3.24. The Bertz CT molecular complexity index is 1090. The molecule has 7 nitrogen and oxygen atoms in total. The van der Waals surface area contributed by atoms with Crippen LogP contribution in [-0.2, 0) is 9.53 Å². The maximum atomic E-state index is 13.3. The van der Waals surface area contributed by atoms with Crippen molar-refractivity contribution in [2.45, 2.75) is 39.2 Å². The molecule has 1 atom stereocenters. The number of nitrogens with one attached hydrogen (secondary N) is 1. The summed E-state index contributed by atoms with van der Waals surface area (Å²) in [7, 11) is 0. The second-order valence-electron chi connectivity index (χ2n) is 7.42. The van der Waals surface area contributed by atoms with E-state index in [0.717, 1.165) is 31.4 Å². The van der Waals surface area contributed by atoms with Gasteiger partial charge in [0.25, 0.3) is 11.5 Å². The Morgan fingerprint density at radius 1 is 1.43 bits per heavy atom. The SMILES string of the molecule is CCCNc1nc2c(C)cccn2c(=O)c1C=C1SC(=S)N(CC2CCCO2)C1=O. The number of hydrogen-bond donors (Lipinski definition) is 1. The van der Waals surface area contributed by atoms with Crippen molar-refractivity contribution in [3.8, 4) is 0 Å². The zero-order valence-corrected chi connectivity index (χ0v) is 18.6. The molecule has 2 aromatic rings. The Balaban J connectivity index is 1.73. The van der Waals surface area contributed by atoms with E-state index < -0.39 is 0 Å². The minimum atomic E-state index is -0.216.